The molecule has 3 aliphatic heterocycles. The van der Waals surface area contributed by atoms with Crippen molar-refractivity contribution in [3.05, 3.63) is 30.1 Å². The highest BCUT2D eigenvalue weighted by atomic mass is 16.2. The summed E-state index contributed by atoms with van der Waals surface area (Å²) in [5, 5.41) is 8.87. The number of aromatic nitrogens is 3. The van der Waals surface area contributed by atoms with Gasteiger partial charge in [-0.15, -0.1) is 0 Å². The molecule has 0 aromatic carbocycles. The zero-order chi connectivity index (χ0) is 24.0. The molecule has 11 heteroatoms. The number of rotatable bonds is 4. The number of nitrogens with zero attached hydrogens (tertiary/aromatic N) is 5. The quantitative estimate of drug-likeness (QED) is 0.435. The van der Waals surface area contributed by atoms with Crippen molar-refractivity contribution >= 4 is 41.0 Å². The number of carbonyl (C=O) groups excluding carboxylic acids is 3. The van der Waals surface area contributed by atoms with Crippen molar-refractivity contribution in [3.8, 4) is 0 Å². The summed E-state index contributed by atoms with van der Waals surface area (Å²) in [7, 11) is 0. The second-order valence-corrected chi connectivity index (χ2v) is 9.74. The molecule has 182 valence electrons. The first kappa shape index (κ1) is 21.9. The van der Waals surface area contributed by atoms with Gasteiger partial charge in [0, 0.05) is 50.4 Å². The molecule has 2 saturated heterocycles. The number of hydrogen-bond acceptors (Lipinski definition) is 9. The Morgan fingerprint density at radius 2 is 1.80 bits per heavy atom. The van der Waals surface area contributed by atoms with Crippen LogP contribution >= 0.6 is 0 Å². The average molecular weight is 477 g/mol. The van der Waals surface area contributed by atoms with Crippen molar-refractivity contribution in [2.45, 2.75) is 44.6 Å². The van der Waals surface area contributed by atoms with Crippen LogP contribution in [0.2, 0.25) is 0 Å². The molecule has 1 spiro atoms. The minimum atomic E-state index is -1.39. The number of nitrogens with one attached hydrogen (secondary N) is 3. The Morgan fingerprint density at radius 1 is 1.00 bits per heavy atom. The summed E-state index contributed by atoms with van der Waals surface area (Å²) in [6, 6.07) is 3.88. The molecule has 1 saturated carbocycles. The van der Waals surface area contributed by atoms with E-state index in [9.17, 15) is 14.4 Å². The van der Waals surface area contributed by atoms with Crippen LogP contribution < -0.4 is 25.8 Å². The summed E-state index contributed by atoms with van der Waals surface area (Å²) in [5.74, 6) is 0.568. The second-order valence-electron chi connectivity index (χ2n) is 9.74. The lowest BCUT2D eigenvalue weighted by Crippen LogP contribution is -2.56. The van der Waals surface area contributed by atoms with E-state index >= 15 is 0 Å². The van der Waals surface area contributed by atoms with Crippen LogP contribution in [-0.2, 0) is 20.8 Å². The van der Waals surface area contributed by atoms with Gasteiger partial charge in [-0.05, 0) is 25.0 Å². The topological polar surface area (TPSA) is 132 Å². The number of carbonyl (C=O) groups is 3. The molecule has 1 atom stereocenters. The predicted octanol–water partition coefficient (Wildman–Crippen LogP) is 0.889. The Hall–Kier alpha value is -3.60. The number of anilines is 4. The summed E-state index contributed by atoms with van der Waals surface area (Å²) in [6.07, 6.45) is 7.15. The van der Waals surface area contributed by atoms with E-state index < -0.39 is 17.2 Å². The molecule has 1 aliphatic carbocycles. The lowest BCUT2D eigenvalue weighted by molar-refractivity contribution is -0.140. The molecular formula is C24H28N8O3. The van der Waals surface area contributed by atoms with Crippen LogP contribution in [0.25, 0.3) is 0 Å². The molecule has 1 unspecified atom stereocenters. The van der Waals surface area contributed by atoms with E-state index in [0.717, 1.165) is 63.4 Å². The molecule has 11 nitrogen and oxygen atoms in total. The number of amides is 3. The standard InChI is InChI=1S/C24H28N8O3/c33-19-12-24(21(34)29-19)11-15-13-27-23(30-20(15)32(22(24)35)17-3-1-2-4-17)28-16-5-6-18(26-14-16)31-9-7-25-8-10-31/h5-6,13-14,17,25H,1-4,7-12H2,(H,27,28,30)(H,29,33,34). The molecule has 0 radical (unpaired) electrons. The van der Waals surface area contributed by atoms with E-state index in [1.165, 1.54) is 0 Å². The maximum atomic E-state index is 13.7. The lowest BCUT2D eigenvalue weighted by atomic mass is 9.76. The summed E-state index contributed by atoms with van der Waals surface area (Å²) < 4.78 is 0. The normalized spacial score (nSPS) is 24.7. The van der Waals surface area contributed by atoms with Crippen LogP contribution in [0, 0.1) is 5.41 Å². The van der Waals surface area contributed by atoms with Crippen LogP contribution in [-0.4, -0.2) is 64.9 Å². The number of pyridine rings is 1. The number of fused-ring (bicyclic) bond motifs is 1. The van der Waals surface area contributed by atoms with Crippen LogP contribution in [0.1, 0.15) is 37.7 Å². The van der Waals surface area contributed by atoms with Gasteiger partial charge in [-0.1, -0.05) is 12.8 Å². The first-order chi connectivity index (χ1) is 17.0. The monoisotopic (exact) mass is 476 g/mol. The minimum absolute atomic E-state index is 0.0374. The Balaban J connectivity index is 1.29. The zero-order valence-corrected chi connectivity index (χ0v) is 19.4. The van der Waals surface area contributed by atoms with Crippen LogP contribution in [0.3, 0.4) is 0 Å². The van der Waals surface area contributed by atoms with Crippen molar-refractivity contribution in [1.29, 1.82) is 0 Å². The maximum Gasteiger partial charge on any atom is 0.245 e. The van der Waals surface area contributed by atoms with E-state index in [-0.39, 0.29) is 24.8 Å². The van der Waals surface area contributed by atoms with Gasteiger partial charge in [-0.2, -0.15) is 4.98 Å². The SMILES string of the molecule is O=C1CC2(Cc3cnc(Nc4ccc(N5CCNCC5)nc4)nc3N(C3CCCC3)C2=O)C(=O)N1. The van der Waals surface area contributed by atoms with E-state index in [1.807, 2.05) is 12.1 Å². The fraction of sp³-hybridized carbons (Fsp3) is 0.500. The van der Waals surface area contributed by atoms with Crippen molar-refractivity contribution in [2.75, 3.05) is 41.3 Å². The third-order valence-corrected chi connectivity index (χ3v) is 7.48. The van der Waals surface area contributed by atoms with Crippen LogP contribution in [0.4, 0.5) is 23.3 Å². The second kappa shape index (κ2) is 8.56. The number of hydrogen-bond donors (Lipinski definition) is 3. The third kappa shape index (κ3) is 3.79. The molecule has 2 aromatic rings. The van der Waals surface area contributed by atoms with Crippen molar-refractivity contribution in [2.24, 2.45) is 5.41 Å². The summed E-state index contributed by atoms with van der Waals surface area (Å²) >= 11 is 0. The van der Waals surface area contributed by atoms with Crippen LogP contribution in [0.5, 0.6) is 0 Å². The fourth-order valence-corrected chi connectivity index (χ4v) is 5.65. The Labute approximate surface area is 202 Å². The van der Waals surface area contributed by atoms with Gasteiger partial charge in [-0.3, -0.25) is 24.6 Å². The van der Waals surface area contributed by atoms with Gasteiger partial charge >= 0.3 is 0 Å². The molecule has 3 fully saturated rings. The largest absolute Gasteiger partial charge is 0.354 e. The van der Waals surface area contributed by atoms with Crippen molar-refractivity contribution < 1.29 is 14.4 Å². The van der Waals surface area contributed by atoms with Gasteiger partial charge in [0.05, 0.1) is 18.3 Å². The van der Waals surface area contributed by atoms with Gasteiger partial charge in [0.15, 0.2) is 0 Å². The zero-order valence-electron chi connectivity index (χ0n) is 19.4. The molecular weight excluding hydrogens is 448 g/mol. The Kier molecular flexibility index (Phi) is 5.36. The van der Waals surface area contributed by atoms with Gasteiger partial charge in [0.2, 0.25) is 23.7 Å². The first-order valence-corrected chi connectivity index (χ1v) is 12.3. The fourth-order valence-electron chi connectivity index (χ4n) is 5.65. The summed E-state index contributed by atoms with van der Waals surface area (Å²) in [4.78, 5) is 56.2. The van der Waals surface area contributed by atoms with E-state index in [0.29, 0.717) is 17.3 Å². The minimum Gasteiger partial charge on any atom is -0.354 e. The average Bonchev–Trinajstić information content (AvgIpc) is 3.49. The smallest absolute Gasteiger partial charge is 0.245 e. The maximum absolute atomic E-state index is 13.7. The van der Waals surface area contributed by atoms with Crippen molar-refractivity contribution in [3.63, 3.8) is 0 Å². The van der Waals surface area contributed by atoms with Crippen LogP contribution in [0.15, 0.2) is 24.5 Å². The highest BCUT2D eigenvalue weighted by molar-refractivity contribution is 6.22. The number of imide groups is 1. The first-order valence-electron chi connectivity index (χ1n) is 12.3. The van der Waals surface area contributed by atoms with E-state index in [4.69, 9.17) is 4.98 Å². The highest BCUT2D eigenvalue weighted by Gasteiger charge is 2.58. The van der Waals surface area contributed by atoms with E-state index in [2.05, 4.69) is 30.8 Å². The Bertz CT molecular complexity index is 1170. The molecule has 0 bridgehead atoms. The highest BCUT2D eigenvalue weighted by Crippen LogP contribution is 2.44. The molecule has 3 amide bonds. The van der Waals surface area contributed by atoms with Gasteiger partial charge in [0.25, 0.3) is 0 Å². The van der Waals surface area contributed by atoms with E-state index in [1.54, 1.807) is 17.3 Å². The molecule has 6 rings (SSSR count). The summed E-state index contributed by atoms with van der Waals surface area (Å²) in [6.45, 7) is 3.73. The molecule has 3 N–H and O–H groups in total. The Morgan fingerprint density at radius 3 is 2.49 bits per heavy atom. The summed E-state index contributed by atoms with van der Waals surface area (Å²) in [5.41, 5.74) is 0.0593. The number of piperazine rings is 1. The molecule has 4 aliphatic rings. The predicted molar refractivity (Wildman–Crippen MR) is 128 cm³/mol. The van der Waals surface area contributed by atoms with Gasteiger partial charge in [0.1, 0.15) is 17.1 Å². The molecule has 35 heavy (non-hydrogen) atoms. The van der Waals surface area contributed by atoms with Gasteiger partial charge < -0.3 is 15.5 Å². The van der Waals surface area contributed by atoms with Gasteiger partial charge in [-0.25, -0.2) is 9.97 Å². The molecule has 5 heterocycles. The lowest BCUT2D eigenvalue weighted by Gasteiger charge is -2.40. The van der Waals surface area contributed by atoms with Crippen molar-refractivity contribution in [1.82, 2.24) is 25.6 Å². The third-order valence-electron chi connectivity index (χ3n) is 7.48. The molecule has 2 aromatic heterocycles.